The van der Waals surface area contributed by atoms with Crippen molar-refractivity contribution in [1.82, 2.24) is 9.55 Å². The smallest absolute Gasteiger partial charge is 0.204 e. The third kappa shape index (κ3) is 2.32. The first-order valence-corrected chi connectivity index (χ1v) is 8.34. The Morgan fingerprint density at radius 2 is 1.56 bits per heavy atom. The zero-order chi connectivity index (χ0) is 16.6. The zero-order valence-corrected chi connectivity index (χ0v) is 13.5. The maximum absolute atomic E-state index is 6.44. The summed E-state index contributed by atoms with van der Waals surface area (Å²) in [6.45, 7) is 0. The molecule has 3 aromatic carbocycles. The van der Waals surface area contributed by atoms with E-state index in [4.69, 9.17) is 4.74 Å². The summed E-state index contributed by atoms with van der Waals surface area (Å²) in [7, 11) is 0. The Hall–Kier alpha value is -3.33. The number of hydrogen-bond acceptors (Lipinski definition) is 2. The van der Waals surface area contributed by atoms with Crippen LogP contribution >= 0.6 is 0 Å². The van der Waals surface area contributed by atoms with Crippen LogP contribution in [-0.4, -0.2) is 9.55 Å². The van der Waals surface area contributed by atoms with Gasteiger partial charge >= 0.3 is 0 Å². The Kier molecular flexibility index (Phi) is 3.17. The lowest BCUT2D eigenvalue weighted by atomic mass is 10.0. The highest BCUT2D eigenvalue weighted by atomic mass is 16.5. The lowest BCUT2D eigenvalue weighted by Crippen LogP contribution is -2.17. The van der Waals surface area contributed by atoms with Gasteiger partial charge in [0.15, 0.2) is 0 Å². The number of para-hydroxylation sites is 2. The summed E-state index contributed by atoms with van der Waals surface area (Å²) >= 11 is 0. The summed E-state index contributed by atoms with van der Waals surface area (Å²) < 4.78 is 8.54. The number of benzene rings is 3. The van der Waals surface area contributed by atoms with E-state index in [1.54, 1.807) is 0 Å². The quantitative estimate of drug-likeness (QED) is 0.512. The molecule has 120 valence electrons. The maximum Gasteiger partial charge on any atom is 0.204 e. The second kappa shape index (κ2) is 5.64. The number of fused-ring (bicyclic) bond motifs is 2. The molecule has 2 heterocycles. The van der Waals surface area contributed by atoms with Crippen LogP contribution < -0.4 is 0 Å². The summed E-state index contributed by atoms with van der Waals surface area (Å²) in [6.07, 6.45) is 3.74. The van der Waals surface area contributed by atoms with Crippen LogP contribution in [0.25, 0.3) is 22.9 Å². The summed E-state index contributed by atoms with van der Waals surface area (Å²) in [5.74, 6) is 0.877. The van der Waals surface area contributed by atoms with Crippen molar-refractivity contribution in [2.24, 2.45) is 0 Å². The van der Waals surface area contributed by atoms with Gasteiger partial charge in [0.2, 0.25) is 6.23 Å². The van der Waals surface area contributed by atoms with Gasteiger partial charge in [0.05, 0.1) is 17.4 Å². The number of hydrogen-bond donors (Lipinski definition) is 0. The van der Waals surface area contributed by atoms with Gasteiger partial charge in [0.25, 0.3) is 0 Å². The van der Waals surface area contributed by atoms with Gasteiger partial charge in [-0.2, -0.15) is 0 Å². The van der Waals surface area contributed by atoms with E-state index in [1.165, 1.54) is 5.56 Å². The average molecular weight is 324 g/mol. The fourth-order valence-corrected chi connectivity index (χ4v) is 3.35. The molecule has 0 bridgehead atoms. The Morgan fingerprint density at radius 3 is 2.48 bits per heavy atom. The Labute approximate surface area is 145 Å². The Bertz CT molecular complexity index is 1080. The van der Waals surface area contributed by atoms with Crippen LogP contribution in [-0.2, 0) is 4.74 Å². The van der Waals surface area contributed by atoms with Crippen molar-refractivity contribution in [3.63, 3.8) is 0 Å². The van der Waals surface area contributed by atoms with E-state index in [-0.39, 0.29) is 6.23 Å². The lowest BCUT2D eigenvalue weighted by molar-refractivity contribution is 0.141. The summed E-state index contributed by atoms with van der Waals surface area (Å²) in [4.78, 5) is 4.53. The molecule has 1 unspecified atom stereocenters. The van der Waals surface area contributed by atoms with Crippen molar-refractivity contribution < 1.29 is 4.74 Å². The molecule has 0 radical (unpaired) electrons. The van der Waals surface area contributed by atoms with Gasteiger partial charge in [0, 0.05) is 11.1 Å². The first-order chi connectivity index (χ1) is 12.4. The molecule has 1 aliphatic heterocycles. The molecule has 0 N–H and O–H groups in total. The van der Waals surface area contributed by atoms with E-state index >= 15 is 0 Å². The number of nitrogens with zero attached hydrogens (tertiary/aromatic N) is 2. The fraction of sp³-hybridized carbons (Fsp3) is 0.0455. The van der Waals surface area contributed by atoms with E-state index in [9.17, 15) is 0 Å². The number of rotatable bonds is 2. The van der Waals surface area contributed by atoms with Crippen LogP contribution in [0.2, 0.25) is 0 Å². The van der Waals surface area contributed by atoms with Crippen LogP contribution in [0.3, 0.4) is 0 Å². The molecule has 3 nitrogen and oxygen atoms in total. The van der Waals surface area contributed by atoms with Gasteiger partial charge in [-0.15, -0.1) is 0 Å². The minimum Gasteiger partial charge on any atom is -0.465 e. The van der Waals surface area contributed by atoms with Crippen molar-refractivity contribution >= 4 is 22.9 Å². The summed E-state index contributed by atoms with van der Waals surface area (Å²) in [5.41, 5.74) is 5.43. The monoisotopic (exact) mass is 324 g/mol. The van der Waals surface area contributed by atoms with Gasteiger partial charge in [-0.1, -0.05) is 66.7 Å². The van der Waals surface area contributed by atoms with Crippen LogP contribution in [0.4, 0.5) is 0 Å². The molecule has 5 rings (SSSR count). The minimum absolute atomic E-state index is 0.233. The Morgan fingerprint density at radius 1 is 0.800 bits per heavy atom. The molecule has 0 amide bonds. The van der Waals surface area contributed by atoms with E-state index in [0.717, 1.165) is 27.9 Å². The molecule has 1 aliphatic rings. The summed E-state index contributed by atoms with van der Waals surface area (Å²) in [5, 5.41) is 0. The number of imidazole rings is 1. The van der Waals surface area contributed by atoms with Crippen molar-refractivity contribution in [1.29, 1.82) is 0 Å². The molecule has 0 spiro atoms. The number of aromatic nitrogens is 2. The third-order valence-corrected chi connectivity index (χ3v) is 4.58. The molecular weight excluding hydrogens is 308 g/mol. The SMILES string of the molecule is C1=C(c2ccccc2)OC(n2cnc3ccccc32)c2ccccc21. The predicted octanol–water partition coefficient (Wildman–Crippen LogP) is 5.11. The highest BCUT2D eigenvalue weighted by molar-refractivity contribution is 5.81. The third-order valence-electron chi connectivity index (χ3n) is 4.58. The molecule has 0 saturated heterocycles. The van der Waals surface area contributed by atoms with E-state index in [1.807, 2.05) is 42.7 Å². The first-order valence-electron chi connectivity index (χ1n) is 8.34. The number of ether oxygens (including phenoxy) is 1. The van der Waals surface area contributed by atoms with Crippen LogP contribution in [0.1, 0.15) is 22.9 Å². The largest absolute Gasteiger partial charge is 0.465 e. The molecule has 1 aromatic heterocycles. The van der Waals surface area contributed by atoms with Gasteiger partial charge in [0.1, 0.15) is 5.76 Å². The van der Waals surface area contributed by atoms with Gasteiger partial charge in [-0.25, -0.2) is 4.98 Å². The maximum atomic E-state index is 6.44. The lowest BCUT2D eigenvalue weighted by Gasteiger charge is -2.28. The molecule has 3 heteroatoms. The van der Waals surface area contributed by atoms with Gasteiger partial charge in [-0.05, 0) is 23.8 Å². The van der Waals surface area contributed by atoms with Gasteiger partial charge < -0.3 is 4.74 Å². The molecule has 0 fully saturated rings. The molecule has 1 atom stereocenters. The second-order valence-electron chi connectivity index (χ2n) is 6.11. The van der Waals surface area contributed by atoms with Crippen LogP contribution in [0.5, 0.6) is 0 Å². The topological polar surface area (TPSA) is 27.1 Å². The predicted molar refractivity (Wildman–Crippen MR) is 99.7 cm³/mol. The van der Waals surface area contributed by atoms with E-state index < -0.39 is 0 Å². The van der Waals surface area contributed by atoms with E-state index in [0.29, 0.717) is 0 Å². The van der Waals surface area contributed by atoms with Crippen molar-refractivity contribution in [3.8, 4) is 0 Å². The van der Waals surface area contributed by atoms with E-state index in [2.05, 4.69) is 58.1 Å². The van der Waals surface area contributed by atoms with Crippen molar-refractivity contribution in [3.05, 3.63) is 102 Å². The van der Waals surface area contributed by atoms with Crippen LogP contribution in [0.15, 0.2) is 85.2 Å². The molecule has 0 aliphatic carbocycles. The molecule has 4 aromatic rings. The zero-order valence-electron chi connectivity index (χ0n) is 13.5. The van der Waals surface area contributed by atoms with Gasteiger partial charge in [-0.3, -0.25) is 4.57 Å². The molecule has 0 saturated carbocycles. The highest BCUT2D eigenvalue weighted by Gasteiger charge is 2.25. The first kappa shape index (κ1) is 14.1. The standard InChI is InChI=1S/C22H16N2O/c1-2-8-16(9-3-1)21-14-17-10-4-5-11-18(17)22(25-21)24-15-23-19-12-6-7-13-20(19)24/h1-15,22H. The average Bonchev–Trinajstić information content (AvgIpc) is 3.12. The fourth-order valence-electron chi connectivity index (χ4n) is 3.35. The normalized spacial score (nSPS) is 16.2. The minimum atomic E-state index is -0.233. The molecular formula is C22H16N2O. The highest BCUT2D eigenvalue weighted by Crippen LogP contribution is 2.37. The van der Waals surface area contributed by atoms with Crippen LogP contribution in [0, 0.1) is 0 Å². The Balaban J connectivity index is 1.69. The van der Waals surface area contributed by atoms with Crippen molar-refractivity contribution in [2.75, 3.05) is 0 Å². The second-order valence-corrected chi connectivity index (χ2v) is 6.11. The summed E-state index contributed by atoms with van der Waals surface area (Å²) in [6, 6.07) is 26.7. The molecule has 25 heavy (non-hydrogen) atoms. The van der Waals surface area contributed by atoms with Crippen molar-refractivity contribution in [2.45, 2.75) is 6.23 Å².